The summed E-state index contributed by atoms with van der Waals surface area (Å²) in [5.41, 5.74) is 1.15. The van der Waals surface area contributed by atoms with Crippen LogP contribution in [0.3, 0.4) is 0 Å². The fourth-order valence-corrected chi connectivity index (χ4v) is 2.53. The van der Waals surface area contributed by atoms with Crippen molar-refractivity contribution in [2.75, 3.05) is 25.0 Å². The molecule has 1 atom stereocenters. The van der Waals surface area contributed by atoms with E-state index in [0.717, 1.165) is 0 Å². The number of carboxylic acid groups (broad SMARTS) is 1. The number of nitriles is 1. The first-order valence-electron chi connectivity index (χ1n) is 6.76. The van der Waals surface area contributed by atoms with Gasteiger partial charge >= 0.3 is 12.0 Å². The molecule has 1 aromatic rings. The van der Waals surface area contributed by atoms with Crippen molar-refractivity contribution in [3.8, 4) is 6.07 Å². The molecule has 0 spiro atoms. The first-order valence-corrected chi connectivity index (χ1v) is 6.76. The SMILES string of the molecule is CN(C(=O)N1CCC(CC(=O)O)C1)c1cccc(C#N)c1. The number of benzene rings is 1. The number of aliphatic carboxylic acids is 1. The molecular formula is C15H17N3O3. The highest BCUT2D eigenvalue weighted by atomic mass is 16.4. The molecule has 0 aromatic heterocycles. The Morgan fingerprint density at radius 2 is 2.29 bits per heavy atom. The lowest BCUT2D eigenvalue weighted by Crippen LogP contribution is -2.40. The van der Waals surface area contributed by atoms with Crippen LogP contribution >= 0.6 is 0 Å². The molecule has 1 fully saturated rings. The monoisotopic (exact) mass is 287 g/mol. The summed E-state index contributed by atoms with van der Waals surface area (Å²) >= 11 is 0. The van der Waals surface area contributed by atoms with Gasteiger partial charge in [0.05, 0.1) is 11.6 Å². The topological polar surface area (TPSA) is 84.6 Å². The van der Waals surface area contributed by atoms with Crippen molar-refractivity contribution in [3.05, 3.63) is 29.8 Å². The number of carboxylic acids is 1. The van der Waals surface area contributed by atoms with Crippen molar-refractivity contribution < 1.29 is 14.7 Å². The van der Waals surface area contributed by atoms with Gasteiger partial charge in [-0.05, 0) is 30.5 Å². The van der Waals surface area contributed by atoms with Crippen molar-refractivity contribution in [3.63, 3.8) is 0 Å². The third kappa shape index (κ3) is 3.51. The van der Waals surface area contributed by atoms with E-state index in [1.807, 2.05) is 6.07 Å². The maximum absolute atomic E-state index is 12.4. The molecule has 1 aliphatic heterocycles. The highest BCUT2D eigenvalue weighted by Crippen LogP contribution is 2.23. The highest BCUT2D eigenvalue weighted by Gasteiger charge is 2.29. The number of nitrogens with zero attached hydrogens (tertiary/aromatic N) is 3. The molecule has 2 amide bonds. The van der Waals surface area contributed by atoms with Crippen molar-refractivity contribution in [2.24, 2.45) is 5.92 Å². The zero-order valence-corrected chi connectivity index (χ0v) is 11.8. The van der Waals surface area contributed by atoms with Crippen molar-refractivity contribution in [2.45, 2.75) is 12.8 Å². The van der Waals surface area contributed by atoms with Crippen molar-refractivity contribution >= 4 is 17.7 Å². The normalized spacial score (nSPS) is 17.3. The molecule has 1 aromatic carbocycles. The summed E-state index contributed by atoms with van der Waals surface area (Å²) in [6.07, 6.45) is 0.807. The Kier molecular flexibility index (Phi) is 4.43. The summed E-state index contributed by atoms with van der Waals surface area (Å²) < 4.78 is 0. The van der Waals surface area contributed by atoms with Gasteiger partial charge in [0.1, 0.15) is 0 Å². The van der Waals surface area contributed by atoms with E-state index >= 15 is 0 Å². The van der Waals surface area contributed by atoms with Crippen LogP contribution in [0, 0.1) is 17.2 Å². The Morgan fingerprint density at radius 1 is 1.52 bits per heavy atom. The zero-order chi connectivity index (χ0) is 15.4. The molecule has 6 nitrogen and oxygen atoms in total. The van der Waals surface area contributed by atoms with E-state index in [4.69, 9.17) is 10.4 Å². The second kappa shape index (κ2) is 6.27. The van der Waals surface area contributed by atoms with Gasteiger partial charge in [-0.2, -0.15) is 5.26 Å². The highest BCUT2D eigenvalue weighted by molar-refractivity contribution is 5.91. The standard InChI is InChI=1S/C15H17N3O3/c1-17(13-4-2-3-11(7-13)9-16)15(21)18-6-5-12(10-18)8-14(19)20/h2-4,7,12H,5-6,8,10H2,1H3,(H,19,20). The molecular weight excluding hydrogens is 270 g/mol. The molecule has 0 bridgehead atoms. The van der Waals surface area contributed by atoms with Gasteiger partial charge in [-0.3, -0.25) is 9.69 Å². The van der Waals surface area contributed by atoms with Crippen LogP contribution in [0.25, 0.3) is 0 Å². The van der Waals surface area contributed by atoms with Gasteiger partial charge < -0.3 is 10.0 Å². The molecule has 1 unspecified atom stereocenters. The van der Waals surface area contributed by atoms with Crippen molar-refractivity contribution in [1.82, 2.24) is 4.90 Å². The van der Waals surface area contributed by atoms with Gasteiger partial charge in [0.15, 0.2) is 0 Å². The number of carbonyl (C=O) groups excluding carboxylic acids is 1. The lowest BCUT2D eigenvalue weighted by atomic mass is 10.1. The summed E-state index contributed by atoms with van der Waals surface area (Å²) in [6.45, 7) is 1.03. The molecule has 6 heteroatoms. The number of anilines is 1. The quantitative estimate of drug-likeness (QED) is 0.920. The smallest absolute Gasteiger partial charge is 0.324 e. The minimum atomic E-state index is -0.829. The number of rotatable bonds is 3. The van der Waals surface area contributed by atoms with Gasteiger partial charge in [0.2, 0.25) is 0 Å². The molecule has 1 N–H and O–H groups in total. The van der Waals surface area contributed by atoms with Gasteiger partial charge in [0.25, 0.3) is 0 Å². The first kappa shape index (κ1) is 14.9. The average molecular weight is 287 g/mol. The average Bonchev–Trinajstić information content (AvgIpc) is 2.93. The fraction of sp³-hybridized carbons (Fsp3) is 0.400. The summed E-state index contributed by atoms with van der Waals surface area (Å²) in [4.78, 5) is 26.3. The van der Waals surface area contributed by atoms with E-state index in [9.17, 15) is 9.59 Å². The van der Waals surface area contributed by atoms with E-state index in [-0.39, 0.29) is 18.4 Å². The van der Waals surface area contributed by atoms with Crippen LogP contribution < -0.4 is 4.90 Å². The van der Waals surface area contributed by atoms with E-state index < -0.39 is 5.97 Å². The molecule has 110 valence electrons. The van der Waals surface area contributed by atoms with E-state index in [2.05, 4.69) is 0 Å². The number of hydrogen-bond acceptors (Lipinski definition) is 3. The molecule has 2 rings (SSSR count). The fourth-order valence-electron chi connectivity index (χ4n) is 2.53. The number of amides is 2. The number of urea groups is 1. The Balaban J connectivity index is 2.03. The molecule has 1 aliphatic rings. The van der Waals surface area contributed by atoms with Gasteiger partial charge in [-0.25, -0.2) is 4.79 Å². The van der Waals surface area contributed by atoms with Crippen molar-refractivity contribution in [1.29, 1.82) is 5.26 Å². The molecule has 0 radical (unpaired) electrons. The lowest BCUT2D eigenvalue weighted by molar-refractivity contribution is -0.138. The molecule has 1 saturated heterocycles. The van der Waals surface area contributed by atoms with Crippen LogP contribution in [0.2, 0.25) is 0 Å². The van der Waals surface area contributed by atoms with Crippen LogP contribution in [0.15, 0.2) is 24.3 Å². The number of carbonyl (C=O) groups is 2. The summed E-state index contributed by atoms with van der Waals surface area (Å²) in [7, 11) is 1.66. The maximum atomic E-state index is 12.4. The second-order valence-electron chi connectivity index (χ2n) is 5.20. The van der Waals surface area contributed by atoms with Crippen LogP contribution in [0.5, 0.6) is 0 Å². The Morgan fingerprint density at radius 3 is 2.95 bits per heavy atom. The van der Waals surface area contributed by atoms with Crippen LogP contribution in [0.4, 0.5) is 10.5 Å². The van der Waals surface area contributed by atoms with Gasteiger partial charge in [0, 0.05) is 32.2 Å². The van der Waals surface area contributed by atoms with Gasteiger partial charge in [-0.15, -0.1) is 0 Å². The molecule has 1 heterocycles. The van der Waals surface area contributed by atoms with Gasteiger partial charge in [-0.1, -0.05) is 6.07 Å². The maximum Gasteiger partial charge on any atom is 0.324 e. The van der Waals surface area contributed by atoms with E-state index in [1.165, 1.54) is 4.90 Å². The third-order valence-electron chi connectivity index (χ3n) is 3.67. The summed E-state index contributed by atoms with van der Waals surface area (Å²) in [5.74, 6) is -0.810. The van der Waals surface area contributed by atoms with E-state index in [1.54, 1.807) is 36.2 Å². The lowest BCUT2D eigenvalue weighted by Gasteiger charge is -2.24. The van der Waals surface area contributed by atoms with Crippen LogP contribution in [-0.4, -0.2) is 42.1 Å². The molecule has 0 saturated carbocycles. The molecule has 0 aliphatic carbocycles. The number of hydrogen-bond donors (Lipinski definition) is 1. The largest absolute Gasteiger partial charge is 0.481 e. The zero-order valence-electron chi connectivity index (χ0n) is 11.8. The molecule has 21 heavy (non-hydrogen) atoms. The first-order chi connectivity index (χ1) is 10.0. The van der Waals surface area contributed by atoms with Crippen LogP contribution in [0.1, 0.15) is 18.4 Å². The second-order valence-corrected chi connectivity index (χ2v) is 5.20. The summed E-state index contributed by atoms with van der Waals surface area (Å²) in [5, 5.41) is 17.7. The van der Waals surface area contributed by atoms with Crippen LogP contribution in [-0.2, 0) is 4.79 Å². The Labute approximate surface area is 123 Å². The minimum Gasteiger partial charge on any atom is -0.481 e. The Bertz CT molecular complexity index is 594. The minimum absolute atomic E-state index is 0.0188. The third-order valence-corrected chi connectivity index (χ3v) is 3.67. The predicted octanol–water partition coefficient (Wildman–Crippen LogP) is 1.91. The van der Waals surface area contributed by atoms with E-state index in [0.29, 0.717) is 30.8 Å². The number of likely N-dealkylation sites (tertiary alicyclic amines) is 1. The predicted molar refractivity (Wildman–Crippen MR) is 76.9 cm³/mol. The summed E-state index contributed by atoms with van der Waals surface area (Å²) in [6, 6.07) is 8.71. The Hall–Kier alpha value is -2.55.